The highest BCUT2D eigenvalue weighted by Gasteiger charge is 2.12. The Kier molecular flexibility index (Phi) is 3.19. The summed E-state index contributed by atoms with van der Waals surface area (Å²) in [6, 6.07) is 3.19. The second-order valence-corrected chi connectivity index (χ2v) is 4.06. The maximum Gasteiger partial charge on any atom is 0.141 e. The van der Waals surface area contributed by atoms with E-state index in [1.165, 1.54) is 12.3 Å². The molecule has 2 aromatic rings. The molecule has 1 N–H and O–H groups in total. The molecule has 1 atom stereocenters. The Morgan fingerprint density at radius 2 is 2.18 bits per heavy atom. The first-order chi connectivity index (χ1) is 8.06. The summed E-state index contributed by atoms with van der Waals surface area (Å²) < 4.78 is 14.7. The third-order valence-electron chi connectivity index (χ3n) is 2.61. The predicted molar refractivity (Wildman–Crippen MR) is 60.8 cm³/mol. The minimum atomic E-state index is -0.770. The van der Waals surface area contributed by atoms with Crippen molar-refractivity contribution in [3.8, 4) is 0 Å². The molecule has 1 unspecified atom stereocenters. The lowest BCUT2D eigenvalue weighted by Crippen LogP contribution is -2.07. The third kappa shape index (κ3) is 2.68. The van der Waals surface area contributed by atoms with Crippen LogP contribution >= 0.6 is 0 Å². The molecule has 0 aromatic carbocycles. The van der Waals surface area contributed by atoms with Crippen LogP contribution in [0.3, 0.4) is 0 Å². The fourth-order valence-corrected chi connectivity index (χ4v) is 1.78. The van der Waals surface area contributed by atoms with Crippen LogP contribution in [0, 0.1) is 12.7 Å². The average Bonchev–Trinajstić information content (AvgIpc) is 2.57. The molecule has 0 amide bonds. The Labute approximate surface area is 98.7 Å². The van der Waals surface area contributed by atoms with Gasteiger partial charge in [0.15, 0.2) is 0 Å². The summed E-state index contributed by atoms with van der Waals surface area (Å²) in [5.74, 6) is -0.442. The van der Waals surface area contributed by atoms with Gasteiger partial charge >= 0.3 is 0 Å². The smallest absolute Gasteiger partial charge is 0.141 e. The number of nitrogens with zero attached hydrogens (tertiary/aromatic N) is 3. The first kappa shape index (κ1) is 11.7. The molecule has 0 saturated heterocycles. The van der Waals surface area contributed by atoms with Crippen molar-refractivity contribution >= 4 is 0 Å². The predicted octanol–water partition coefficient (Wildman–Crippen LogP) is 1.54. The van der Waals surface area contributed by atoms with Crippen LogP contribution in [0.5, 0.6) is 0 Å². The van der Waals surface area contributed by atoms with Crippen molar-refractivity contribution < 1.29 is 9.50 Å². The van der Waals surface area contributed by atoms with E-state index in [0.717, 1.165) is 17.6 Å². The van der Waals surface area contributed by atoms with E-state index < -0.39 is 11.9 Å². The molecule has 0 aliphatic carbocycles. The van der Waals surface area contributed by atoms with Crippen molar-refractivity contribution in [2.24, 2.45) is 7.05 Å². The Morgan fingerprint density at radius 3 is 2.76 bits per heavy atom. The molecule has 0 aliphatic rings. The first-order valence-corrected chi connectivity index (χ1v) is 5.34. The normalized spacial score (nSPS) is 12.7. The zero-order valence-corrected chi connectivity index (χ0v) is 9.76. The van der Waals surface area contributed by atoms with E-state index >= 15 is 0 Å². The van der Waals surface area contributed by atoms with E-state index in [0.29, 0.717) is 12.0 Å². The van der Waals surface area contributed by atoms with Crippen LogP contribution in [0.15, 0.2) is 24.5 Å². The Balaban J connectivity index is 2.16. The summed E-state index contributed by atoms with van der Waals surface area (Å²) in [5, 5.41) is 14.2. The number of aryl methyl sites for hydroxylation is 2. The van der Waals surface area contributed by atoms with Crippen molar-refractivity contribution in [3.63, 3.8) is 0 Å². The summed E-state index contributed by atoms with van der Waals surface area (Å²) >= 11 is 0. The van der Waals surface area contributed by atoms with Gasteiger partial charge in [-0.2, -0.15) is 5.10 Å². The van der Waals surface area contributed by atoms with Gasteiger partial charge in [-0.3, -0.25) is 9.67 Å². The second kappa shape index (κ2) is 4.63. The number of pyridine rings is 1. The minimum absolute atomic E-state index is 0.391. The summed E-state index contributed by atoms with van der Waals surface area (Å²) in [7, 11) is 1.82. The van der Waals surface area contributed by atoms with Gasteiger partial charge in [0.1, 0.15) is 5.82 Å². The molecule has 0 spiro atoms. The number of hydrogen-bond donors (Lipinski definition) is 1. The summed E-state index contributed by atoms with van der Waals surface area (Å²) in [6.45, 7) is 1.89. The van der Waals surface area contributed by atoms with Crippen molar-refractivity contribution in [1.82, 2.24) is 14.8 Å². The molecule has 17 heavy (non-hydrogen) atoms. The number of aromatic nitrogens is 3. The zero-order chi connectivity index (χ0) is 12.4. The molecule has 2 rings (SSSR count). The van der Waals surface area contributed by atoms with Crippen LogP contribution < -0.4 is 0 Å². The Hall–Kier alpha value is -1.75. The standard InChI is InChI=1S/C12H14FN3O/c1-8-3-11(16(2)15-8)5-12(17)9-4-10(13)7-14-6-9/h3-4,6-7,12,17H,5H2,1-2H3. The van der Waals surface area contributed by atoms with Crippen molar-refractivity contribution in [2.75, 3.05) is 0 Å². The van der Waals surface area contributed by atoms with Gasteiger partial charge in [-0.25, -0.2) is 4.39 Å². The van der Waals surface area contributed by atoms with E-state index in [1.54, 1.807) is 4.68 Å². The lowest BCUT2D eigenvalue weighted by Gasteiger charge is -2.10. The van der Waals surface area contributed by atoms with E-state index in [9.17, 15) is 9.50 Å². The van der Waals surface area contributed by atoms with Gasteiger partial charge in [0.05, 0.1) is 18.0 Å². The molecule has 0 bridgehead atoms. The summed E-state index contributed by atoms with van der Waals surface area (Å²) in [5.41, 5.74) is 2.27. The van der Waals surface area contributed by atoms with Crippen LogP contribution in [0.2, 0.25) is 0 Å². The molecule has 90 valence electrons. The second-order valence-electron chi connectivity index (χ2n) is 4.06. The highest BCUT2D eigenvalue weighted by Crippen LogP contribution is 2.18. The molecule has 0 radical (unpaired) electrons. The topological polar surface area (TPSA) is 50.9 Å². The van der Waals surface area contributed by atoms with Gasteiger partial charge < -0.3 is 5.11 Å². The number of aliphatic hydroxyl groups is 1. The van der Waals surface area contributed by atoms with E-state index in [1.807, 2.05) is 20.0 Å². The molecule has 0 saturated carbocycles. The SMILES string of the molecule is Cc1cc(CC(O)c2cncc(F)c2)n(C)n1. The number of hydrogen-bond acceptors (Lipinski definition) is 3. The van der Waals surface area contributed by atoms with Gasteiger partial charge in [0.2, 0.25) is 0 Å². The van der Waals surface area contributed by atoms with Gasteiger partial charge in [-0.15, -0.1) is 0 Å². The molecule has 5 heteroatoms. The highest BCUT2D eigenvalue weighted by atomic mass is 19.1. The molecule has 2 heterocycles. The Bertz CT molecular complexity index is 524. The lowest BCUT2D eigenvalue weighted by molar-refractivity contribution is 0.175. The highest BCUT2D eigenvalue weighted by molar-refractivity contribution is 5.17. The van der Waals surface area contributed by atoms with Crippen LogP contribution in [-0.4, -0.2) is 19.9 Å². The fraction of sp³-hybridized carbons (Fsp3) is 0.333. The molecule has 0 fully saturated rings. The maximum atomic E-state index is 13.0. The van der Waals surface area contributed by atoms with Gasteiger partial charge in [-0.05, 0) is 19.1 Å². The minimum Gasteiger partial charge on any atom is -0.388 e. The Morgan fingerprint density at radius 1 is 1.41 bits per heavy atom. The zero-order valence-electron chi connectivity index (χ0n) is 9.76. The van der Waals surface area contributed by atoms with E-state index in [2.05, 4.69) is 10.1 Å². The van der Waals surface area contributed by atoms with Crippen molar-refractivity contribution in [3.05, 3.63) is 47.3 Å². The summed E-state index contributed by atoms with van der Waals surface area (Å²) in [6.07, 6.45) is 2.21. The van der Waals surface area contributed by atoms with Gasteiger partial charge in [0.25, 0.3) is 0 Å². The van der Waals surface area contributed by atoms with E-state index in [4.69, 9.17) is 0 Å². The maximum absolute atomic E-state index is 13.0. The molecule has 0 aliphatic heterocycles. The monoisotopic (exact) mass is 235 g/mol. The summed E-state index contributed by atoms with van der Waals surface area (Å²) in [4.78, 5) is 3.72. The largest absolute Gasteiger partial charge is 0.388 e. The van der Waals surface area contributed by atoms with Crippen LogP contribution in [0.4, 0.5) is 4.39 Å². The lowest BCUT2D eigenvalue weighted by atomic mass is 10.1. The average molecular weight is 235 g/mol. The molecular formula is C12H14FN3O. The van der Waals surface area contributed by atoms with Crippen LogP contribution in [0.1, 0.15) is 23.1 Å². The number of aliphatic hydroxyl groups excluding tert-OH is 1. The first-order valence-electron chi connectivity index (χ1n) is 5.34. The molecular weight excluding hydrogens is 221 g/mol. The quantitative estimate of drug-likeness (QED) is 0.878. The number of halogens is 1. The van der Waals surface area contributed by atoms with Crippen molar-refractivity contribution in [2.45, 2.75) is 19.4 Å². The van der Waals surface area contributed by atoms with Gasteiger partial charge in [-0.1, -0.05) is 0 Å². The third-order valence-corrected chi connectivity index (χ3v) is 2.61. The number of rotatable bonds is 3. The van der Waals surface area contributed by atoms with Gasteiger partial charge in [0, 0.05) is 30.9 Å². The van der Waals surface area contributed by atoms with Crippen LogP contribution in [-0.2, 0) is 13.5 Å². The van der Waals surface area contributed by atoms with E-state index in [-0.39, 0.29) is 0 Å². The van der Waals surface area contributed by atoms with Crippen LogP contribution in [0.25, 0.3) is 0 Å². The molecule has 4 nitrogen and oxygen atoms in total. The fourth-order valence-electron chi connectivity index (χ4n) is 1.78. The van der Waals surface area contributed by atoms with Crippen molar-refractivity contribution in [1.29, 1.82) is 0 Å². The molecule has 2 aromatic heterocycles.